The van der Waals surface area contributed by atoms with Crippen LogP contribution in [0.5, 0.6) is 5.75 Å². The van der Waals surface area contributed by atoms with E-state index in [4.69, 9.17) is 16.3 Å². The Labute approximate surface area is 315 Å². The third-order valence-corrected chi connectivity index (χ3v) is 12.2. The highest BCUT2D eigenvalue weighted by Crippen LogP contribution is 2.64. The van der Waals surface area contributed by atoms with Gasteiger partial charge in [0, 0.05) is 29.7 Å². The van der Waals surface area contributed by atoms with Crippen molar-refractivity contribution in [2.45, 2.75) is 24.2 Å². The van der Waals surface area contributed by atoms with Gasteiger partial charge in [-0.05, 0) is 103 Å². The first kappa shape index (κ1) is 34.3. The number of ether oxygens (including phenoxy) is 1. The van der Waals surface area contributed by atoms with Gasteiger partial charge in [-0.15, -0.1) is 0 Å². The summed E-state index contributed by atoms with van der Waals surface area (Å²) in [5, 5.41) is 11.8. The first-order valence-corrected chi connectivity index (χ1v) is 18.5. The lowest BCUT2D eigenvalue weighted by atomic mass is 9.49. The molecule has 0 spiro atoms. The number of anilines is 3. The monoisotopic (exact) mass is 746 g/mol. The van der Waals surface area contributed by atoms with Crippen LogP contribution >= 0.6 is 11.6 Å². The van der Waals surface area contributed by atoms with E-state index >= 15 is 4.79 Å². The number of phenolic OH excluding ortho intramolecular Hbond substituents is 1. The van der Waals surface area contributed by atoms with Crippen LogP contribution in [0.25, 0.3) is 0 Å². The number of carbonyl (C=O) groups is 4. The third-order valence-electron chi connectivity index (χ3n) is 12.0. The maximum Gasteiger partial charge on any atom is 0.260 e. The van der Waals surface area contributed by atoms with Crippen molar-refractivity contribution in [2.75, 3.05) is 41.5 Å². The Morgan fingerprint density at radius 3 is 2.13 bits per heavy atom. The van der Waals surface area contributed by atoms with Gasteiger partial charge >= 0.3 is 0 Å². The maximum atomic E-state index is 15.2. The van der Waals surface area contributed by atoms with E-state index in [2.05, 4.69) is 10.3 Å². The summed E-state index contributed by atoms with van der Waals surface area (Å²) in [5.41, 5.74) is 5.29. The Hall–Kier alpha value is -5.52. The molecule has 9 rings (SSSR count). The van der Waals surface area contributed by atoms with Gasteiger partial charge in [-0.1, -0.05) is 47.5 Å². The summed E-state index contributed by atoms with van der Waals surface area (Å²) in [4.78, 5) is 62.3. The van der Waals surface area contributed by atoms with Crippen molar-refractivity contribution in [3.63, 3.8) is 0 Å². The van der Waals surface area contributed by atoms with Crippen molar-refractivity contribution in [3.05, 3.63) is 131 Å². The van der Waals surface area contributed by atoms with Crippen molar-refractivity contribution < 1.29 is 33.4 Å². The number of morpholine rings is 1. The van der Waals surface area contributed by atoms with Crippen molar-refractivity contribution in [1.82, 2.24) is 5.01 Å². The molecule has 274 valence electrons. The van der Waals surface area contributed by atoms with E-state index in [-0.39, 0.29) is 30.4 Å². The molecule has 0 aromatic heterocycles. The molecule has 6 atom stereocenters. The molecule has 10 nitrogen and oxygen atoms in total. The number of hydrogen-bond donors (Lipinski definition) is 2. The number of hydrazine groups is 1. The number of fused-ring (bicyclic) bond motifs is 4. The fourth-order valence-electron chi connectivity index (χ4n) is 9.59. The molecular formula is C42H36ClFN4O6. The fraction of sp³-hybridized carbons (Fsp3) is 0.286. The average Bonchev–Trinajstić information content (AvgIpc) is 3.57. The molecule has 0 radical (unpaired) electrons. The van der Waals surface area contributed by atoms with E-state index in [0.29, 0.717) is 40.7 Å². The van der Waals surface area contributed by atoms with E-state index in [1.54, 1.807) is 48.5 Å². The lowest BCUT2D eigenvalue weighted by Crippen LogP contribution is -2.53. The number of phenols is 1. The van der Waals surface area contributed by atoms with E-state index < -0.39 is 52.6 Å². The van der Waals surface area contributed by atoms with Gasteiger partial charge in [0.1, 0.15) is 11.6 Å². The Kier molecular flexibility index (Phi) is 8.31. The summed E-state index contributed by atoms with van der Waals surface area (Å²) < 4.78 is 19.4. The number of carbonyl (C=O) groups excluding carboxylic acids is 4. The summed E-state index contributed by atoms with van der Waals surface area (Å²) in [7, 11) is 0. The SMILES string of the molecule is O=C1C2CC3C(=CCC4C(=O)N(c5ccc(N6CCOCC6)cc5)C(=O)C43)C(c3ccc(O)cc3)C2(c2ccc(Cl)cc2)C(=O)N1Nc1ccc(F)cc1. The van der Waals surface area contributed by atoms with Crippen molar-refractivity contribution in [1.29, 1.82) is 0 Å². The van der Waals surface area contributed by atoms with Crippen molar-refractivity contribution in [2.24, 2.45) is 23.7 Å². The molecule has 2 N–H and O–H groups in total. The minimum absolute atomic E-state index is 0.0289. The van der Waals surface area contributed by atoms with Gasteiger partial charge in [0.2, 0.25) is 11.8 Å². The zero-order chi connectivity index (χ0) is 37.3. The second kappa shape index (κ2) is 13.1. The molecule has 3 saturated heterocycles. The van der Waals surface area contributed by atoms with Gasteiger partial charge in [0.05, 0.1) is 47.8 Å². The molecule has 4 aromatic carbocycles. The zero-order valence-corrected chi connectivity index (χ0v) is 29.8. The Balaban J connectivity index is 1.15. The van der Waals surface area contributed by atoms with E-state index in [1.165, 1.54) is 41.3 Å². The molecule has 1 saturated carbocycles. The Morgan fingerprint density at radius 1 is 0.778 bits per heavy atom. The molecule has 6 unspecified atom stereocenters. The summed E-state index contributed by atoms with van der Waals surface area (Å²) in [6.07, 6.45) is 2.39. The molecule has 0 bridgehead atoms. The second-order valence-electron chi connectivity index (χ2n) is 14.6. The number of rotatable bonds is 6. The van der Waals surface area contributed by atoms with Gasteiger partial charge in [-0.2, -0.15) is 5.01 Å². The number of aromatic hydroxyl groups is 1. The molecule has 54 heavy (non-hydrogen) atoms. The minimum atomic E-state index is -1.50. The number of nitrogens with zero attached hydrogens (tertiary/aromatic N) is 3. The first-order valence-electron chi connectivity index (χ1n) is 18.1. The Bertz CT molecular complexity index is 2190. The van der Waals surface area contributed by atoms with Gasteiger partial charge < -0.3 is 14.7 Å². The molecule has 4 aromatic rings. The second-order valence-corrected chi connectivity index (χ2v) is 15.0. The largest absolute Gasteiger partial charge is 0.508 e. The maximum absolute atomic E-state index is 15.2. The van der Waals surface area contributed by atoms with Crippen LogP contribution in [0.2, 0.25) is 5.02 Å². The van der Waals surface area contributed by atoms with Gasteiger partial charge in [0.25, 0.3) is 11.8 Å². The number of amides is 4. The number of allylic oxidation sites excluding steroid dienone is 2. The highest BCUT2D eigenvalue weighted by molar-refractivity contribution is 6.30. The molecule has 4 fully saturated rings. The van der Waals surface area contributed by atoms with E-state index in [9.17, 15) is 23.9 Å². The number of hydrogen-bond acceptors (Lipinski definition) is 8. The molecule has 4 amide bonds. The average molecular weight is 747 g/mol. The first-order chi connectivity index (χ1) is 26.2. The molecule has 12 heteroatoms. The molecule has 3 aliphatic heterocycles. The van der Waals surface area contributed by atoms with Crippen LogP contribution in [0.15, 0.2) is 109 Å². The van der Waals surface area contributed by atoms with Crippen LogP contribution < -0.4 is 15.2 Å². The van der Waals surface area contributed by atoms with Crippen LogP contribution in [0.4, 0.5) is 21.5 Å². The number of nitrogens with one attached hydrogen (secondary N) is 1. The zero-order valence-electron chi connectivity index (χ0n) is 29.0. The van der Waals surface area contributed by atoms with Crippen LogP contribution in [-0.4, -0.2) is 60.0 Å². The molecular weight excluding hydrogens is 711 g/mol. The van der Waals surface area contributed by atoms with E-state index in [1.807, 2.05) is 18.2 Å². The fourth-order valence-corrected chi connectivity index (χ4v) is 9.71. The summed E-state index contributed by atoms with van der Waals surface area (Å²) in [5.74, 6) is -5.77. The number of halogens is 2. The molecule has 5 aliphatic rings. The normalized spacial score (nSPS) is 27.8. The van der Waals surface area contributed by atoms with Crippen LogP contribution in [0, 0.1) is 29.5 Å². The topological polar surface area (TPSA) is 119 Å². The lowest BCUT2D eigenvalue weighted by Gasteiger charge is -2.50. The summed E-state index contributed by atoms with van der Waals surface area (Å²) >= 11 is 6.36. The van der Waals surface area contributed by atoms with Crippen LogP contribution in [0.1, 0.15) is 29.9 Å². The summed E-state index contributed by atoms with van der Waals surface area (Å²) in [6.45, 7) is 2.76. The highest BCUT2D eigenvalue weighted by atomic mass is 35.5. The predicted octanol–water partition coefficient (Wildman–Crippen LogP) is 6.21. The minimum Gasteiger partial charge on any atom is -0.508 e. The van der Waals surface area contributed by atoms with Gasteiger partial charge in [-0.3, -0.25) is 29.5 Å². The van der Waals surface area contributed by atoms with E-state index in [0.717, 1.165) is 29.4 Å². The lowest BCUT2D eigenvalue weighted by molar-refractivity contribution is -0.138. The smallest absolute Gasteiger partial charge is 0.260 e. The number of imide groups is 2. The highest BCUT2D eigenvalue weighted by Gasteiger charge is 2.70. The van der Waals surface area contributed by atoms with Gasteiger partial charge in [0.15, 0.2) is 0 Å². The predicted molar refractivity (Wildman–Crippen MR) is 199 cm³/mol. The number of benzene rings is 4. The third kappa shape index (κ3) is 5.24. The standard InChI is InChI=1S/C42H36ClFN4O6/c43-26-5-3-25(4-6-26)42-35(39(51)48(41(42)53)45-28-9-7-27(44)8-10-28)23-34-32(37(42)24-1-15-31(49)16-2-24)17-18-33-36(34)40(52)47(38(33)50)30-13-11-29(12-14-30)46-19-21-54-22-20-46/h1-17,33-37,45,49H,18-23H2. The van der Waals surface area contributed by atoms with Crippen molar-refractivity contribution >= 4 is 52.3 Å². The Morgan fingerprint density at radius 2 is 1.44 bits per heavy atom. The van der Waals surface area contributed by atoms with Crippen molar-refractivity contribution in [3.8, 4) is 5.75 Å². The summed E-state index contributed by atoms with van der Waals surface area (Å²) in [6, 6.07) is 26.2. The van der Waals surface area contributed by atoms with Crippen LogP contribution in [0.3, 0.4) is 0 Å². The van der Waals surface area contributed by atoms with Crippen LogP contribution in [-0.2, 0) is 29.3 Å². The molecule has 3 heterocycles. The molecule has 2 aliphatic carbocycles. The van der Waals surface area contributed by atoms with Gasteiger partial charge in [-0.25, -0.2) is 4.39 Å². The quantitative estimate of drug-likeness (QED) is 0.177.